The second-order valence-electron chi connectivity index (χ2n) is 10.3. The number of benzene rings is 1. The van der Waals surface area contributed by atoms with Gasteiger partial charge in [-0.2, -0.15) is 0 Å². The number of aromatic nitrogens is 4. The first-order valence-corrected chi connectivity index (χ1v) is 13.2. The number of hydrogen-bond acceptors (Lipinski definition) is 8. The lowest BCUT2D eigenvalue weighted by Gasteiger charge is -2.38. The van der Waals surface area contributed by atoms with Crippen LogP contribution in [-0.2, 0) is 0 Å². The van der Waals surface area contributed by atoms with E-state index in [0.29, 0.717) is 34.5 Å². The zero-order valence-corrected chi connectivity index (χ0v) is 21.7. The normalized spacial score (nSPS) is 21.7. The van der Waals surface area contributed by atoms with Crippen molar-refractivity contribution in [1.29, 1.82) is 0 Å². The first-order chi connectivity index (χ1) is 17.4. The van der Waals surface area contributed by atoms with Gasteiger partial charge in [0.25, 0.3) is 0 Å². The van der Waals surface area contributed by atoms with Crippen LogP contribution in [0.2, 0.25) is 5.02 Å². The number of halogens is 2. The molecule has 10 heteroatoms. The highest BCUT2D eigenvalue weighted by molar-refractivity contribution is 6.31. The Labute approximate surface area is 216 Å². The molecule has 0 amide bonds. The SMILES string of the molecule is CN(C)C1CCN(CC2CCC(Nc3ncc4ncnc(Nc5ccc(F)c(Cl)c5)c4n3)CC2)CC1. The summed E-state index contributed by atoms with van der Waals surface area (Å²) in [5.74, 6) is 1.40. The van der Waals surface area contributed by atoms with E-state index in [1.807, 2.05) is 0 Å². The number of piperidine rings is 1. The van der Waals surface area contributed by atoms with Gasteiger partial charge in [0.1, 0.15) is 23.2 Å². The van der Waals surface area contributed by atoms with Crippen molar-refractivity contribution in [2.75, 3.05) is 44.4 Å². The van der Waals surface area contributed by atoms with Gasteiger partial charge in [0.2, 0.25) is 5.95 Å². The molecule has 1 saturated carbocycles. The van der Waals surface area contributed by atoms with Crippen molar-refractivity contribution in [3.05, 3.63) is 41.6 Å². The molecule has 3 aromatic rings. The quantitative estimate of drug-likeness (QED) is 0.460. The van der Waals surface area contributed by atoms with Gasteiger partial charge in [-0.3, -0.25) is 0 Å². The predicted molar refractivity (Wildman–Crippen MR) is 142 cm³/mol. The van der Waals surface area contributed by atoms with Gasteiger partial charge >= 0.3 is 0 Å². The molecule has 3 heterocycles. The molecule has 2 fully saturated rings. The van der Waals surface area contributed by atoms with Crippen LogP contribution in [0.15, 0.2) is 30.7 Å². The molecule has 36 heavy (non-hydrogen) atoms. The molecule has 1 saturated heterocycles. The van der Waals surface area contributed by atoms with Crippen LogP contribution in [0.5, 0.6) is 0 Å². The maximum Gasteiger partial charge on any atom is 0.223 e. The highest BCUT2D eigenvalue weighted by Gasteiger charge is 2.26. The average Bonchev–Trinajstić information content (AvgIpc) is 2.88. The molecule has 0 atom stereocenters. The van der Waals surface area contributed by atoms with E-state index in [1.54, 1.807) is 12.3 Å². The summed E-state index contributed by atoms with van der Waals surface area (Å²) in [6, 6.07) is 5.54. The van der Waals surface area contributed by atoms with Crippen molar-refractivity contribution in [1.82, 2.24) is 29.7 Å². The maximum absolute atomic E-state index is 13.5. The molecular weight excluding hydrogens is 479 g/mol. The molecule has 2 N–H and O–H groups in total. The number of nitrogens with one attached hydrogen (secondary N) is 2. The number of anilines is 3. The summed E-state index contributed by atoms with van der Waals surface area (Å²) in [6.45, 7) is 3.65. The fourth-order valence-corrected chi connectivity index (χ4v) is 5.56. The minimum Gasteiger partial charge on any atom is -0.351 e. The van der Waals surface area contributed by atoms with Crippen molar-refractivity contribution in [3.63, 3.8) is 0 Å². The van der Waals surface area contributed by atoms with E-state index in [-0.39, 0.29) is 5.02 Å². The number of hydrogen-bond donors (Lipinski definition) is 2. The number of likely N-dealkylation sites (tertiary alicyclic amines) is 1. The fourth-order valence-electron chi connectivity index (χ4n) is 5.38. The van der Waals surface area contributed by atoms with Crippen LogP contribution in [-0.4, -0.2) is 75.5 Å². The summed E-state index contributed by atoms with van der Waals surface area (Å²) in [5.41, 5.74) is 1.86. The van der Waals surface area contributed by atoms with Gasteiger partial charge in [-0.25, -0.2) is 24.3 Å². The van der Waals surface area contributed by atoms with Gasteiger partial charge in [-0.05, 0) is 89.8 Å². The lowest BCUT2D eigenvalue weighted by Crippen LogP contribution is -2.44. The second-order valence-corrected chi connectivity index (χ2v) is 10.7. The van der Waals surface area contributed by atoms with Crippen LogP contribution in [0.4, 0.5) is 21.8 Å². The molecule has 2 aromatic heterocycles. The standard InChI is InChI=1S/C26H34ClFN8/c1-35(2)20-9-11-36(12-10-20)15-17-3-5-18(6-4-17)33-26-29-14-23-24(34-26)25(31-16-30-23)32-19-7-8-22(28)21(27)13-19/h7-8,13-14,16-18,20H,3-6,9-12,15H2,1-2H3,(H,29,33,34)(H,30,31,32). The highest BCUT2D eigenvalue weighted by Crippen LogP contribution is 2.29. The van der Waals surface area contributed by atoms with E-state index in [4.69, 9.17) is 16.6 Å². The molecule has 0 spiro atoms. The summed E-state index contributed by atoms with van der Waals surface area (Å²) >= 11 is 5.93. The number of rotatable bonds is 7. The fraction of sp³-hybridized carbons (Fsp3) is 0.538. The van der Waals surface area contributed by atoms with Crippen molar-refractivity contribution in [3.8, 4) is 0 Å². The Morgan fingerprint density at radius 2 is 1.83 bits per heavy atom. The summed E-state index contributed by atoms with van der Waals surface area (Å²) in [5, 5.41) is 6.74. The van der Waals surface area contributed by atoms with Crippen molar-refractivity contribution in [2.45, 2.75) is 50.6 Å². The Balaban J connectivity index is 1.18. The summed E-state index contributed by atoms with van der Waals surface area (Å²) in [7, 11) is 4.39. The van der Waals surface area contributed by atoms with Gasteiger partial charge in [0.05, 0.1) is 11.2 Å². The molecule has 1 aliphatic carbocycles. The smallest absolute Gasteiger partial charge is 0.223 e. The number of nitrogens with zero attached hydrogens (tertiary/aromatic N) is 6. The molecule has 0 bridgehead atoms. The van der Waals surface area contributed by atoms with Crippen LogP contribution in [0.3, 0.4) is 0 Å². The van der Waals surface area contributed by atoms with E-state index in [9.17, 15) is 4.39 Å². The van der Waals surface area contributed by atoms with Gasteiger partial charge in [0, 0.05) is 24.3 Å². The van der Waals surface area contributed by atoms with Crippen LogP contribution in [0.1, 0.15) is 38.5 Å². The van der Waals surface area contributed by atoms with Crippen molar-refractivity contribution in [2.24, 2.45) is 5.92 Å². The Hall–Kier alpha value is -2.62. The molecule has 8 nitrogen and oxygen atoms in total. The Kier molecular flexibility index (Phi) is 7.79. The second kappa shape index (κ2) is 11.2. The lowest BCUT2D eigenvalue weighted by molar-refractivity contribution is 0.120. The van der Waals surface area contributed by atoms with E-state index in [0.717, 1.165) is 24.8 Å². The molecule has 0 unspecified atom stereocenters. The largest absolute Gasteiger partial charge is 0.351 e. The van der Waals surface area contributed by atoms with E-state index in [2.05, 4.69) is 49.5 Å². The molecule has 2 aliphatic rings. The Morgan fingerprint density at radius 1 is 1.06 bits per heavy atom. The van der Waals surface area contributed by atoms with Gasteiger partial charge in [0.15, 0.2) is 5.82 Å². The van der Waals surface area contributed by atoms with Gasteiger partial charge in [-0.15, -0.1) is 0 Å². The topological polar surface area (TPSA) is 82.1 Å². The zero-order valence-electron chi connectivity index (χ0n) is 20.9. The minimum atomic E-state index is -0.466. The molecule has 5 rings (SSSR count). The third-order valence-corrected chi connectivity index (χ3v) is 7.83. The molecule has 1 aromatic carbocycles. The Bertz CT molecular complexity index is 1180. The third-order valence-electron chi connectivity index (χ3n) is 7.54. The summed E-state index contributed by atoms with van der Waals surface area (Å²) in [6.07, 6.45) is 10.4. The first-order valence-electron chi connectivity index (χ1n) is 12.8. The van der Waals surface area contributed by atoms with Crippen LogP contribution < -0.4 is 10.6 Å². The van der Waals surface area contributed by atoms with Crippen LogP contribution >= 0.6 is 11.6 Å². The minimum absolute atomic E-state index is 0.0454. The molecular formula is C26H34ClFN8. The summed E-state index contributed by atoms with van der Waals surface area (Å²) in [4.78, 5) is 22.8. The van der Waals surface area contributed by atoms with Crippen molar-refractivity contribution >= 4 is 40.1 Å². The van der Waals surface area contributed by atoms with Crippen LogP contribution in [0.25, 0.3) is 11.0 Å². The van der Waals surface area contributed by atoms with Crippen molar-refractivity contribution < 1.29 is 4.39 Å². The molecule has 0 radical (unpaired) electrons. The highest BCUT2D eigenvalue weighted by atomic mass is 35.5. The van der Waals surface area contributed by atoms with Gasteiger partial charge < -0.3 is 20.4 Å². The van der Waals surface area contributed by atoms with E-state index in [1.165, 1.54) is 63.8 Å². The molecule has 1 aliphatic heterocycles. The monoisotopic (exact) mass is 512 g/mol. The maximum atomic E-state index is 13.5. The summed E-state index contributed by atoms with van der Waals surface area (Å²) < 4.78 is 13.5. The average molecular weight is 513 g/mol. The third kappa shape index (κ3) is 6.02. The first kappa shape index (κ1) is 25.0. The van der Waals surface area contributed by atoms with Gasteiger partial charge in [-0.1, -0.05) is 11.6 Å². The predicted octanol–water partition coefficient (Wildman–Crippen LogP) is 4.95. The lowest BCUT2D eigenvalue weighted by atomic mass is 9.85. The number of fused-ring (bicyclic) bond motifs is 1. The zero-order chi connectivity index (χ0) is 25.1. The van der Waals surface area contributed by atoms with E-state index >= 15 is 0 Å². The Morgan fingerprint density at radius 3 is 2.56 bits per heavy atom. The van der Waals surface area contributed by atoms with E-state index < -0.39 is 5.82 Å². The molecule has 192 valence electrons. The van der Waals surface area contributed by atoms with Crippen LogP contribution in [0, 0.1) is 11.7 Å².